The molecule has 0 saturated carbocycles. The van der Waals surface area contributed by atoms with Crippen LogP contribution < -0.4 is 5.32 Å². The predicted molar refractivity (Wildman–Crippen MR) is 89.3 cm³/mol. The van der Waals surface area contributed by atoms with E-state index < -0.39 is 0 Å². The summed E-state index contributed by atoms with van der Waals surface area (Å²) in [5.41, 5.74) is 1.84. The first-order chi connectivity index (χ1) is 10.5. The van der Waals surface area contributed by atoms with Gasteiger partial charge in [0.2, 0.25) is 0 Å². The molecule has 1 aromatic carbocycles. The summed E-state index contributed by atoms with van der Waals surface area (Å²) in [5.74, 6) is 0. The molecule has 6 heteroatoms. The minimum absolute atomic E-state index is 0.140. The van der Waals surface area contributed by atoms with Gasteiger partial charge in [-0.25, -0.2) is 4.79 Å². The number of hydrogen-bond donors (Lipinski definition) is 1. The molecule has 0 atom stereocenters. The van der Waals surface area contributed by atoms with Crippen LogP contribution in [0, 0.1) is 0 Å². The number of aromatic nitrogens is 1. The first kappa shape index (κ1) is 16.6. The molecule has 0 fully saturated rings. The van der Waals surface area contributed by atoms with Crippen LogP contribution in [0.5, 0.6) is 0 Å². The van der Waals surface area contributed by atoms with Gasteiger partial charge in [-0.15, -0.1) is 0 Å². The van der Waals surface area contributed by atoms with Crippen molar-refractivity contribution in [2.45, 2.75) is 13.0 Å². The fourth-order valence-corrected chi connectivity index (χ4v) is 2.58. The van der Waals surface area contributed by atoms with E-state index in [0.717, 1.165) is 11.3 Å². The first-order valence-corrected chi connectivity index (χ1v) is 7.64. The lowest BCUT2D eigenvalue weighted by molar-refractivity contribution is 0.206. The molecule has 0 aliphatic rings. The molecule has 0 aliphatic carbocycles. The van der Waals surface area contributed by atoms with Crippen LogP contribution in [0.1, 0.15) is 11.3 Å². The van der Waals surface area contributed by atoms with Crippen LogP contribution in [0.4, 0.5) is 4.79 Å². The van der Waals surface area contributed by atoms with Crippen molar-refractivity contribution in [1.82, 2.24) is 15.2 Å². The SMILES string of the molecule is CN(Cc1ccccn1)C(=O)NCCc1cc(Cl)cc(Cl)c1. The Bertz CT molecular complexity index is 614. The quantitative estimate of drug-likeness (QED) is 0.902. The van der Waals surface area contributed by atoms with Crippen molar-refractivity contribution in [2.24, 2.45) is 0 Å². The van der Waals surface area contributed by atoms with Crippen molar-refractivity contribution in [1.29, 1.82) is 0 Å². The normalized spacial score (nSPS) is 10.3. The van der Waals surface area contributed by atoms with Gasteiger partial charge in [0.15, 0.2) is 0 Å². The Kier molecular flexibility index (Phi) is 6.04. The van der Waals surface area contributed by atoms with Gasteiger partial charge in [0, 0.05) is 29.8 Å². The standard InChI is InChI=1S/C16H17Cl2N3O/c1-21(11-15-4-2-3-6-19-15)16(22)20-7-5-12-8-13(17)10-14(18)9-12/h2-4,6,8-10H,5,7,11H2,1H3,(H,20,22). The summed E-state index contributed by atoms with van der Waals surface area (Å²) in [5, 5.41) is 4.06. The first-order valence-electron chi connectivity index (χ1n) is 6.88. The third kappa shape index (κ3) is 5.20. The predicted octanol–water partition coefficient (Wildman–Crippen LogP) is 3.77. The van der Waals surface area contributed by atoms with Gasteiger partial charge in [-0.1, -0.05) is 29.3 Å². The van der Waals surface area contributed by atoms with Crippen LogP contribution in [0.3, 0.4) is 0 Å². The van der Waals surface area contributed by atoms with Gasteiger partial charge in [0.05, 0.1) is 12.2 Å². The minimum Gasteiger partial charge on any atom is -0.338 e. The molecule has 1 N–H and O–H groups in total. The van der Waals surface area contributed by atoms with Crippen molar-refractivity contribution in [2.75, 3.05) is 13.6 Å². The fraction of sp³-hybridized carbons (Fsp3) is 0.250. The van der Waals surface area contributed by atoms with Crippen LogP contribution in [0.15, 0.2) is 42.6 Å². The topological polar surface area (TPSA) is 45.2 Å². The Balaban J connectivity index is 1.79. The molecule has 0 spiro atoms. The van der Waals surface area contributed by atoms with E-state index in [1.807, 2.05) is 30.3 Å². The maximum atomic E-state index is 12.0. The van der Waals surface area contributed by atoms with E-state index in [2.05, 4.69) is 10.3 Å². The number of hydrogen-bond acceptors (Lipinski definition) is 2. The number of carbonyl (C=O) groups is 1. The number of benzene rings is 1. The number of amides is 2. The number of carbonyl (C=O) groups excluding carboxylic acids is 1. The second-order valence-electron chi connectivity index (χ2n) is 4.94. The summed E-state index contributed by atoms with van der Waals surface area (Å²) in [6, 6.07) is 10.9. The molecule has 2 aromatic rings. The molecule has 2 rings (SSSR count). The van der Waals surface area contributed by atoms with Gasteiger partial charge < -0.3 is 10.2 Å². The maximum absolute atomic E-state index is 12.0. The van der Waals surface area contributed by atoms with E-state index in [-0.39, 0.29) is 6.03 Å². The second-order valence-corrected chi connectivity index (χ2v) is 5.81. The zero-order chi connectivity index (χ0) is 15.9. The lowest BCUT2D eigenvalue weighted by atomic mass is 10.1. The van der Waals surface area contributed by atoms with Crippen molar-refractivity contribution >= 4 is 29.2 Å². The van der Waals surface area contributed by atoms with Crippen molar-refractivity contribution in [3.8, 4) is 0 Å². The number of rotatable bonds is 5. The molecule has 0 aliphatic heterocycles. The van der Waals surface area contributed by atoms with E-state index in [0.29, 0.717) is 29.6 Å². The lowest BCUT2D eigenvalue weighted by Crippen LogP contribution is -2.37. The monoisotopic (exact) mass is 337 g/mol. The Morgan fingerprint density at radius 2 is 1.95 bits per heavy atom. The summed E-state index contributed by atoms with van der Waals surface area (Å²) < 4.78 is 0. The van der Waals surface area contributed by atoms with Crippen LogP contribution in [0.25, 0.3) is 0 Å². The summed E-state index contributed by atoms with van der Waals surface area (Å²) in [6.07, 6.45) is 2.38. The van der Waals surface area contributed by atoms with E-state index in [4.69, 9.17) is 23.2 Å². The van der Waals surface area contributed by atoms with Gasteiger partial charge in [-0.3, -0.25) is 4.98 Å². The van der Waals surface area contributed by atoms with Crippen LogP contribution in [-0.2, 0) is 13.0 Å². The molecule has 0 bridgehead atoms. The zero-order valence-electron chi connectivity index (χ0n) is 12.2. The van der Waals surface area contributed by atoms with E-state index in [1.165, 1.54) is 0 Å². The molecule has 22 heavy (non-hydrogen) atoms. The van der Waals surface area contributed by atoms with Crippen LogP contribution in [0.2, 0.25) is 10.0 Å². The summed E-state index contributed by atoms with van der Waals surface area (Å²) in [6.45, 7) is 0.984. The molecule has 4 nitrogen and oxygen atoms in total. The molecule has 1 heterocycles. The number of urea groups is 1. The average Bonchev–Trinajstić information content (AvgIpc) is 2.47. The summed E-state index contributed by atoms with van der Waals surface area (Å²) in [7, 11) is 1.74. The molecule has 2 amide bonds. The highest BCUT2D eigenvalue weighted by atomic mass is 35.5. The van der Waals surface area contributed by atoms with Crippen molar-refractivity contribution in [3.63, 3.8) is 0 Å². The Morgan fingerprint density at radius 3 is 2.59 bits per heavy atom. The van der Waals surface area contributed by atoms with Crippen molar-refractivity contribution in [3.05, 3.63) is 63.9 Å². The Hall–Kier alpha value is -1.78. The van der Waals surface area contributed by atoms with Crippen LogP contribution in [-0.4, -0.2) is 29.5 Å². The maximum Gasteiger partial charge on any atom is 0.317 e. The molecule has 0 radical (unpaired) electrons. The zero-order valence-corrected chi connectivity index (χ0v) is 13.7. The Labute approximate surface area is 140 Å². The van der Waals surface area contributed by atoms with Gasteiger partial charge in [0.1, 0.15) is 0 Å². The van der Waals surface area contributed by atoms with Gasteiger partial charge in [0.25, 0.3) is 0 Å². The molecular formula is C16H17Cl2N3O. The number of pyridine rings is 1. The third-order valence-electron chi connectivity index (χ3n) is 3.08. The highest BCUT2D eigenvalue weighted by molar-refractivity contribution is 6.34. The fourth-order valence-electron chi connectivity index (χ4n) is 2.01. The smallest absolute Gasteiger partial charge is 0.317 e. The second kappa shape index (κ2) is 8.01. The Morgan fingerprint density at radius 1 is 1.23 bits per heavy atom. The minimum atomic E-state index is -0.140. The number of halogens is 2. The van der Waals surface area contributed by atoms with E-state index >= 15 is 0 Å². The summed E-state index contributed by atoms with van der Waals surface area (Å²) in [4.78, 5) is 17.8. The van der Waals surface area contributed by atoms with Gasteiger partial charge in [-0.2, -0.15) is 0 Å². The highest BCUT2D eigenvalue weighted by Gasteiger charge is 2.09. The third-order valence-corrected chi connectivity index (χ3v) is 3.52. The molecule has 1 aromatic heterocycles. The number of nitrogens with one attached hydrogen (secondary N) is 1. The number of nitrogens with zero attached hydrogens (tertiary/aromatic N) is 2. The molecular weight excluding hydrogens is 321 g/mol. The van der Waals surface area contributed by atoms with Crippen molar-refractivity contribution < 1.29 is 4.79 Å². The van der Waals surface area contributed by atoms with Gasteiger partial charge >= 0.3 is 6.03 Å². The highest BCUT2D eigenvalue weighted by Crippen LogP contribution is 2.19. The largest absolute Gasteiger partial charge is 0.338 e. The summed E-state index contributed by atoms with van der Waals surface area (Å²) >= 11 is 11.9. The van der Waals surface area contributed by atoms with Gasteiger partial charge in [-0.05, 0) is 42.3 Å². The lowest BCUT2D eigenvalue weighted by Gasteiger charge is -2.17. The van der Waals surface area contributed by atoms with E-state index in [1.54, 1.807) is 24.2 Å². The molecule has 0 saturated heterocycles. The molecule has 0 unspecified atom stereocenters. The average molecular weight is 338 g/mol. The molecule has 116 valence electrons. The van der Waals surface area contributed by atoms with Crippen LogP contribution >= 0.6 is 23.2 Å². The van der Waals surface area contributed by atoms with E-state index in [9.17, 15) is 4.79 Å².